The average Bonchev–Trinajstić information content (AvgIpc) is 2.74. The van der Waals surface area contributed by atoms with Crippen LogP contribution >= 0.6 is 0 Å². The third-order valence-corrected chi connectivity index (χ3v) is 5.32. The fourth-order valence-electron chi connectivity index (χ4n) is 3.30. The summed E-state index contributed by atoms with van der Waals surface area (Å²) >= 11 is 0. The second kappa shape index (κ2) is 16.0. The van der Waals surface area contributed by atoms with Crippen LogP contribution in [0.5, 0.6) is 0 Å². The quantitative estimate of drug-likeness (QED) is 0.240. The summed E-state index contributed by atoms with van der Waals surface area (Å²) in [5, 5.41) is 0. The van der Waals surface area contributed by atoms with Crippen molar-refractivity contribution in [3.8, 4) is 0 Å². The molecule has 2 unspecified atom stereocenters. The first-order chi connectivity index (χ1) is 15.3. The molecule has 0 bridgehead atoms. The van der Waals surface area contributed by atoms with E-state index < -0.39 is 30.0 Å². The van der Waals surface area contributed by atoms with E-state index >= 15 is 0 Å². The van der Waals surface area contributed by atoms with E-state index in [1.54, 1.807) is 0 Å². The van der Waals surface area contributed by atoms with Crippen molar-refractivity contribution in [2.75, 3.05) is 33.0 Å². The number of hydrogen-bond donors (Lipinski definition) is 0. The second-order valence-corrected chi connectivity index (χ2v) is 9.42. The maximum Gasteiger partial charge on any atom is 0.311 e. The summed E-state index contributed by atoms with van der Waals surface area (Å²) in [5.41, 5.74) is -0.649. The third kappa shape index (κ3) is 10.0. The van der Waals surface area contributed by atoms with Gasteiger partial charge in [-0.1, -0.05) is 40.0 Å². The van der Waals surface area contributed by atoms with Gasteiger partial charge in [0.05, 0.1) is 12.0 Å². The lowest BCUT2D eigenvalue weighted by Crippen LogP contribution is -2.62. The van der Waals surface area contributed by atoms with Crippen LogP contribution in [0.4, 0.5) is 0 Å². The molecule has 0 spiro atoms. The minimum Gasteiger partial charge on any atom is -0.454 e. The zero-order valence-electron chi connectivity index (χ0n) is 21.5. The number of hydrogen-bond acceptors (Lipinski definition) is 7. The van der Waals surface area contributed by atoms with Crippen molar-refractivity contribution in [3.63, 3.8) is 0 Å². The summed E-state index contributed by atoms with van der Waals surface area (Å²) in [7, 11) is 0. The summed E-state index contributed by atoms with van der Waals surface area (Å²) in [4.78, 5) is 12.8. The summed E-state index contributed by atoms with van der Waals surface area (Å²) in [6, 6.07) is 0. The minimum absolute atomic E-state index is 0.315. The maximum absolute atomic E-state index is 12.8. The Kier molecular flexibility index (Phi) is 14.6. The summed E-state index contributed by atoms with van der Waals surface area (Å²) in [6.45, 7) is 16.4. The highest BCUT2D eigenvalue weighted by molar-refractivity contribution is 5.75. The molecule has 0 amide bonds. The first-order valence-corrected chi connectivity index (χ1v) is 12.6. The number of unbranched alkanes of at least 4 members (excludes halogenated alkanes) is 3. The molecule has 1 heterocycles. The van der Waals surface area contributed by atoms with Gasteiger partial charge in [-0.25, -0.2) is 0 Å². The van der Waals surface area contributed by atoms with Gasteiger partial charge >= 0.3 is 5.97 Å². The Morgan fingerprint density at radius 3 is 1.88 bits per heavy atom. The van der Waals surface area contributed by atoms with Crippen LogP contribution in [-0.4, -0.2) is 69.7 Å². The van der Waals surface area contributed by atoms with E-state index in [4.69, 9.17) is 28.4 Å². The summed E-state index contributed by atoms with van der Waals surface area (Å²) < 4.78 is 36.6. The van der Waals surface area contributed by atoms with Crippen molar-refractivity contribution in [2.24, 2.45) is 5.41 Å². The zero-order chi connectivity index (χ0) is 24.0. The normalized spacial score (nSPS) is 26.3. The molecule has 0 aromatic carbocycles. The number of carbonyl (C=O) groups excluding carboxylic acids is 1. The minimum atomic E-state index is -0.733. The highest BCUT2D eigenvalue weighted by atomic mass is 16.7. The van der Waals surface area contributed by atoms with E-state index in [1.807, 2.05) is 27.7 Å². The van der Waals surface area contributed by atoms with Gasteiger partial charge in [-0.15, -0.1) is 0 Å². The van der Waals surface area contributed by atoms with Crippen LogP contribution in [0.2, 0.25) is 0 Å². The van der Waals surface area contributed by atoms with E-state index in [9.17, 15) is 4.79 Å². The standard InChI is InChI=1S/C25H48O7/c1-8-12-15-27-18-19-20(29-16-13-9-2)21(30-17-14-10-3)22(23(31-19)28-11-4)32-24(26)25(5,6)7/h19-23H,8-18H2,1-7H3/t19?,20-,21?,22+,23-/m1/s1. The lowest BCUT2D eigenvalue weighted by atomic mass is 9.95. The Bertz CT molecular complexity index is 491. The molecule has 7 nitrogen and oxygen atoms in total. The van der Waals surface area contributed by atoms with Crippen molar-refractivity contribution >= 4 is 5.97 Å². The Morgan fingerprint density at radius 1 is 0.781 bits per heavy atom. The van der Waals surface area contributed by atoms with Gasteiger partial charge in [0.15, 0.2) is 12.4 Å². The van der Waals surface area contributed by atoms with Gasteiger partial charge in [-0.05, 0) is 47.0 Å². The fourth-order valence-corrected chi connectivity index (χ4v) is 3.30. The summed E-state index contributed by atoms with van der Waals surface area (Å²) in [6.07, 6.45) is 3.23. The Hall–Kier alpha value is -0.730. The van der Waals surface area contributed by atoms with Crippen molar-refractivity contribution in [1.29, 1.82) is 0 Å². The van der Waals surface area contributed by atoms with Crippen LogP contribution < -0.4 is 0 Å². The predicted molar refractivity (Wildman–Crippen MR) is 125 cm³/mol. The molecule has 1 aliphatic heterocycles. The Morgan fingerprint density at radius 2 is 1.34 bits per heavy atom. The van der Waals surface area contributed by atoms with Gasteiger partial charge in [0.25, 0.3) is 0 Å². The molecule has 0 radical (unpaired) electrons. The molecule has 0 aromatic heterocycles. The van der Waals surface area contributed by atoms with E-state index in [0.29, 0.717) is 33.0 Å². The molecule has 1 aliphatic rings. The smallest absolute Gasteiger partial charge is 0.311 e. The number of carbonyl (C=O) groups is 1. The topological polar surface area (TPSA) is 72.5 Å². The van der Waals surface area contributed by atoms with Gasteiger partial charge in [0, 0.05) is 26.4 Å². The van der Waals surface area contributed by atoms with Gasteiger partial charge in [-0.3, -0.25) is 4.79 Å². The monoisotopic (exact) mass is 460 g/mol. The molecular weight excluding hydrogens is 412 g/mol. The predicted octanol–water partition coefficient (Wildman–Crippen LogP) is 4.89. The van der Waals surface area contributed by atoms with Crippen LogP contribution in [0.1, 0.15) is 87.0 Å². The maximum atomic E-state index is 12.8. The van der Waals surface area contributed by atoms with E-state index in [0.717, 1.165) is 38.5 Å². The number of ether oxygens (including phenoxy) is 6. The zero-order valence-corrected chi connectivity index (χ0v) is 21.5. The Balaban J connectivity index is 3.16. The van der Waals surface area contributed by atoms with Crippen LogP contribution in [0.3, 0.4) is 0 Å². The van der Waals surface area contributed by atoms with Crippen LogP contribution in [0, 0.1) is 5.41 Å². The van der Waals surface area contributed by atoms with E-state index in [2.05, 4.69) is 20.8 Å². The largest absolute Gasteiger partial charge is 0.454 e. The molecule has 32 heavy (non-hydrogen) atoms. The molecule has 1 saturated heterocycles. The Labute approximate surface area is 195 Å². The van der Waals surface area contributed by atoms with Crippen molar-refractivity contribution in [3.05, 3.63) is 0 Å². The molecule has 7 heteroatoms. The second-order valence-electron chi connectivity index (χ2n) is 9.42. The third-order valence-electron chi connectivity index (χ3n) is 5.32. The van der Waals surface area contributed by atoms with Crippen molar-refractivity contribution < 1.29 is 33.2 Å². The molecule has 190 valence electrons. The lowest BCUT2D eigenvalue weighted by molar-refractivity contribution is -0.318. The molecule has 0 N–H and O–H groups in total. The SMILES string of the molecule is CCCCOCC1O[C@@H](OCC)[C@@H](OC(=O)C(C)(C)C)C(OCCCC)[C@@H]1OCCCC. The highest BCUT2D eigenvalue weighted by Crippen LogP contribution is 2.31. The van der Waals surface area contributed by atoms with Gasteiger partial charge in [-0.2, -0.15) is 0 Å². The average molecular weight is 461 g/mol. The van der Waals surface area contributed by atoms with Crippen LogP contribution in [0.25, 0.3) is 0 Å². The van der Waals surface area contributed by atoms with Crippen LogP contribution in [0.15, 0.2) is 0 Å². The van der Waals surface area contributed by atoms with Gasteiger partial charge in [0.1, 0.15) is 18.3 Å². The number of esters is 1. The molecule has 1 rings (SSSR count). The lowest BCUT2D eigenvalue weighted by Gasteiger charge is -2.45. The highest BCUT2D eigenvalue weighted by Gasteiger charge is 2.50. The first kappa shape index (κ1) is 29.3. The molecule has 0 saturated carbocycles. The van der Waals surface area contributed by atoms with Gasteiger partial charge in [0.2, 0.25) is 0 Å². The van der Waals surface area contributed by atoms with Crippen molar-refractivity contribution in [1.82, 2.24) is 0 Å². The van der Waals surface area contributed by atoms with E-state index in [1.165, 1.54) is 0 Å². The molecule has 5 atom stereocenters. The van der Waals surface area contributed by atoms with Gasteiger partial charge < -0.3 is 28.4 Å². The molecule has 0 aromatic rings. The summed E-state index contributed by atoms with van der Waals surface area (Å²) in [5.74, 6) is -0.315. The first-order valence-electron chi connectivity index (χ1n) is 12.6. The fraction of sp³-hybridized carbons (Fsp3) is 0.960. The number of rotatable bonds is 16. The molecule has 0 aliphatic carbocycles. The van der Waals surface area contributed by atoms with Crippen molar-refractivity contribution in [2.45, 2.75) is 118 Å². The molecule has 1 fully saturated rings. The van der Waals surface area contributed by atoms with E-state index in [-0.39, 0.29) is 12.1 Å². The molecular formula is C25H48O7. The van der Waals surface area contributed by atoms with Crippen LogP contribution in [-0.2, 0) is 33.2 Å².